The summed E-state index contributed by atoms with van der Waals surface area (Å²) in [6.07, 6.45) is 3.54. The minimum atomic E-state index is 0.259. The molecular formula is C15H27N3. The Morgan fingerprint density at radius 2 is 1.89 bits per heavy atom. The van der Waals surface area contributed by atoms with Gasteiger partial charge in [-0.05, 0) is 45.2 Å². The van der Waals surface area contributed by atoms with Crippen LogP contribution >= 0.6 is 0 Å². The van der Waals surface area contributed by atoms with Crippen molar-refractivity contribution < 1.29 is 0 Å². The Morgan fingerprint density at radius 1 is 1.17 bits per heavy atom. The van der Waals surface area contributed by atoms with Gasteiger partial charge in [0.25, 0.3) is 0 Å². The van der Waals surface area contributed by atoms with Crippen molar-refractivity contribution >= 4 is 0 Å². The molecule has 1 aliphatic carbocycles. The summed E-state index contributed by atoms with van der Waals surface area (Å²) in [4.78, 5) is 4.94. The zero-order valence-electron chi connectivity index (χ0n) is 12.3. The van der Waals surface area contributed by atoms with Crippen LogP contribution in [0.1, 0.15) is 33.1 Å². The molecule has 1 heterocycles. The summed E-state index contributed by atoms with van der Waals surface area (Å²) in [5.74, 6) is 1.76. The van der Waals surface area contributed by atoms with Gasteiger partial charge < -0.3 is 4.90 Å². The first-order chi connectivity index (χ1) is 8.52. The van der Waals surface area contributed by atoms with Crippen LogP contribution in [0.2, 0.25) is 0 Å². The smallest absolute Gasteiger partial charge is 0.0672 e. The van der Waals surface area contributed by atoms with Crippen molar-refractivity contribution in [2.24, 2.45) is 17.8 Å². The standard InChI is InChI=1S/C15H27N3/c1-11-5-6-13(8-16)14(7-11)18-9-12(2)15(10-18)17(3)4/h11-15H,5-7,9-10H2,1-4H3. The zero-order valence-corrected chi connectivity index (χ0v) is 12.3. The third kappa shape index (κ3) is 2.70. The van der Waals surface area contributed by atoms with Crippen LogP contribution in [-0.4, -0.2) is 49.1 Å². The molecular weight excluding hydrogens is 222 g/mol. The number of hydrogen-bond donors (Lipinski definition) is 0. The maximum Gasteiger partial charge on any atom is 0.0672 e. The lowest BCUT2D eigenvalue weighted by Gasteiger charge is -2.37. The fourth-order valence-corrected chi connectivity index (χ4v) is 3.83. The van der Waals surface area contributed by atoms with E-state index in [0.717, 1.165) is 24.8 Å². The molecule has 0 aromatic carbocycles. The van der Waals surface area contributed by atoms with Crippen LogP contribution < -0.4 is 0 Å². The maximum atomic E-state index is 9.36. The molecule has 0 aromatic rings. The normalized spacial score (nSPS) is 42.1. The molecule has 0 radical (unpaired) electrons. The summed E-state index contributed by atoms with van der Waals surface area (Å²) in [6, 6.07) is 3.71. The van der Waals surface area contributed by atoms with Crippen LogP contribution in [0.25, 0.3) is 0 Å². The maximum absolute atomic E-state index is 9.36. The first-order valence-corrected chi connectivity index (χ1v) is 7.33. The minimum Gasteiger partial charge on any atom is -0.305 e. The molecule has 1 saturated heterocycles. The van der Waals surface area contributed by atoms with Gasteiger partial charge in [-0.15, -0.1) is 0 Å². The molecule has 1 aliphatic heterocycles. The molecule has 5 unspecified atom stereocenters. The van der Waals surface area contributed by atoms with Crippen LogP contribution in [0.3, 0.4) is 0 Å². The highest BCUT2D eigenvalue weighted by atomic mass is 15.3. The second kappa shape index (κ2) is 5.59. The monoisotopic (exact) mass is 249 g/mol. The molecule has 102 valence electrons. The lowest BCUT2D eigenvalue weighted by atomic mass is 9.79. The van der Waals surface area contributed by atoms with Gasteiger partial charge in [0.2, 0.25) is 0 Å². The summed E-state index contributed by atoms with van der Waals surface area (Å²) in [5.41, 5.74) is 0. The quantitative estimate of drug-likeness (QED) is 0.751. The van der Waals surface area contributed by atoms with E-state index in [1.54, 1.807) is 0 Å². The largest absolute Gasteiger partial charge is 0.305 e. The van der Waals surface area contributed by atoms with E-state index in [1.807, 2.05) is 0 Å². The van der Waals surface area contributed by atoms with E-state index in [1.165, 1.54) is 19.4 Å². The number of nitriles is 1. The summed E-state index contributed by atoms with van der Waals surface area (Å²) in [7, 11) is 4.35. The molecule has 5 atom stereocenters. The van der Waals surface area contributed by atoms with Gasteiger partial charge in [0.05, 0.1) is 12.0 Å². The topological polar surface area (TPSA) is 30.3 Å². The first-order valence-electron chi connectivity index (χ1n) is 7.33. The van der Waals surface area contributed by atoms with Gasteiger partial charge in [-0.1, -0.05) is 13.8 Å². The van der Waals surface area contributed by atoms with Gasteiger partial charge in [0.15, 0.2) is 0 Å². The van der Waals surface area contributed by atoms with Crippen LogP contribution in [0.4, 0.5) is 0 Å². The highest BCUT2D eigenvalue weighted by molar-refractivity contribution is 5.00. The molecule has 0 N–H and O–H groups in total. The molecule has 0 bridgehead atoms. The second-order valence-corrected chi connectivity index (χ2v) is 6.68. The molecule has 1 saturated carbocycles. The Hall–Kier alpha value is -0.590. The van der Waals surface area contributed by atoms with Crippen molar-refractivity contribution in [3.63, 3.8) is 0 Å². The van der Waals surface area contributed by atoms with Crippen LogP contribution in [-0.2, 0) is 0 Å². The number of likely N-dealkylation sites (tertiary alicyclic amines) is 1. The van der Waals surface area contributed by atoms with Gasteiger partial charge >= 0.3 is 0 Å². The zero-order chi connectivity index (χ0) is 13.3. The molecule has 2 rings (SSSR count). The molecule has 18 heavy (non-hydrogen) atoms. The first kappa shape index (κ1) is 13.8. The fraction of sp³-hybridized carbons (Fsp3) is 0.933. The average molecular weight is 249 g/mol. The summed E-state index contributed by atoms with van der Waals surface area (Å²) in [6.45, 7) is 6.99. The molecule has 3 nitrogen and oxygen atoms in total. The Bertz CT molecular complexity index is 320. The van der Waals surface area contributed by atoms with Crippen molar-refractivity contribution in [1.82, 2.24) is 9.80 Å². The predicted octanol–water partition coefficient (Wildman–Crippen LogP) is 2.20. The summed E-state index contributed by atoms with van der Waals surface area (Å²) in [5, 5.41) is 9.36. The molecule has 0 amide bonds. The predicted molar refractivity (Wildman–Crippen MR) is 74.1 cm³/mol. The Balaban J connectivity index is 2.04. The number of likely N-dealkylation sites (N-methyl/N-ethyl adjacent to an activating group) is 1. The highest BCUT2D eigenvalue weighted by Gasteiger charge is 2.39. The third-order valence-electron chi connectivity index (χ3n) is 4.98. The minimum absolute atomic E-state index is 0.259. The number of hydrogen-bond acceptors (Lipinski definition) is 3. The Kier molecular flexibility index (Phi) is 4.29. The summed E-state index contributed by atoms with van der Waals surface area (Å²) < 4.78 is 0. The van der Waals surface area contributed by atoms with Gasteiger partial charge in [0, 0.05) is 25.2 Å². The number of rotatable bonds is 2. The Morgan fingerprint density at radius 3 is 2.44 bits per heavy atom. The van der Waals surface area contributed by atoms with Crippen LogP contribution in [0, 0.1) is 29.1 Å². The van der Waals surface area contributed by atoms with Gasteiger partial charge in [-0.3, -0.25) is 4.90 Å². The van der Waals surface area contributed by atoms with Crippen LogP contribution in [0.5, 0.6) is 0 Å². The third-order valence-corrected chi connectivity index (χ3v) is 4.98. The molecule has 2 aliphatic rings. The van der Waals surface area contributed by atoms with Gasteiger partial charge in [-0.2, -0.15) is 5.26 Å². The fourth-order valence-electron chi connectivity index (χ4n) is 3.83. The van der Waals surface area contributed by atoms with E-state index in [9.17, 15) is 5.26 Å². The molecule has 0 aromatic heterocycles. The van der Waals surface area contributed by atoms with E-state index in [-0.39, 0.29) is 5.92 Å². The van der Waals surface area contributed by atoms with E-state index < -0.39 is 0 Å². The highest BCUT2D eigenvalue weighted by Crippen LogP contribution is 2.35. The molecule has 3 heteroatoms. The lowest BCUT2D eigenvalue weighted by molar-refractivity contribution is 0.121. The van der Waals surface area contributed by atoms with E-state index in [0.29, 0.717) is 12.1 Å². The molecule has 0 spiro atoms. The SMILES string of the molecule is CC1CCC(C#N)C(N2CC(C)C(N(C)C)C2)C1. The lowest BCUT2D eigenvalue weighted by Crippen LogP contribution is -2.44. The Labute approximate surface area is 112 Å². The van der Waals surface area contributed by atoms with Crippen molar-refractivity contribution in [2.45, 2.75) is 45.2 Å². The van der Waals surface area contributed by atoms with Crippen LogP contribution in [0.15, 0.2) is 0 Å². The van der Waals surface area contributed by atoms with Gasteiger partial charge in [0.1, 0.15) is 0 Å². The van der Waals surface area contributed by atoms with E-state index in [4.69, 9.17) is 0 Å². The van der Waals surface area contributed by atoms with E-state index in [2.05, 4.69) is 43.8 Å². The van der Waals surface area contributed by atoms with Crippen molar-refractivity contribution in [2.75, 3.05) is 27.2 Å². The summed E-state index contributed by atoms with van der Waals surface area (Å²) >= 11 is 0. The van der Waals surface area contributed by atoms with E-state index >= 15 is 0 Å². The van der Waals surface area contributed by atoms with Gasteiger partial charge in [-0.25, -0.2) is 0 Å². The second-order valence-electron chi connectivity index (χ2n) is 6.68. The van der Waals surface area contributed by atoms with Crippen molar-refractivity contribution in [3.05, 3.63) is 0 Å². The average Bonchev–Trinajstić information content (AvgIpc) is 2.71. The number of nitrogens with zero attached hydrogens (tertiary/aromatic N) is 3. The van der Waals surface area contributed by atoms with Crippen molar-refractivity contribution in [3.8, 4) is 6.07 Å². The van der Waals surface area contributed by atoms with Crippen molar-refractivity contribution in [1.29, 1.82) is 5.26 Å². The molecule has 2 fully saturated rings.